The molecule has 0 aliphatic rings. The molecule has 0 aliphatic carbocycles. The number of halogens is 3. The van der Waals surface area contributed by atoms with Gasteiger partial charge in [-0.05, 0) is 30.7 Å². The number of nitrogens with one attached hydrogen (secondary N) is 1. The maximum Gasteiger partial charge on any atom is 0.272 e. The van der Waals surface area contributed by atoms with Crippen LogP contribution in [0.4, 0.5) is 8.78 Å². The Labute approximate surface area is 166 Å². The highest BCUT2D eigenvalue weighted by molar-refractivity contribution is 6.31. The zero-order valence-corrected chi connectivity index (χ0v) is 16.2. The molecule has 1 amide bonds. The molecule has 2 aromatic heterocycles. The summed E-state index contributed by atoms with van der Waals surface area (Å²) in [5.41, 5.74) is 2.15. The molecular weight excluding hydrogens is 392 g/mol. The molecule has 0 bridgehead atoms. The Balaban J connectivity index is 2.02. The Morgan fingerprint density at radius 2 is 2.04 bits per heavy atom. The van der Waals surface area contributed by atoms with Gasteiger partial charge >= 0.3 is 0 Å². The van der Waals surface area contributed by atoms with E-state index < -0.39 is 13.0 Å². The van der Waals surface area contributed by atoms with Gasteiger partial charge in [0.2, 0.25) is 5.88 Å². The average molecular weight is 412 g/mol. The van der Waals surface area contributed by atoms with Crippen molar-refractivity contribution < 1.29 is 23.1 Å². The molecule has 2 aromatic rings. The van der Waals surface area contributed by atoms with Crippen molar-refractivity contribution >= 4 is 23.3 Å². The summed E-state index contributed by atoms with van der Waals surface area (Å²) >= 11 is 5.96. The van der Waals surface area contributed by atoms with Crippen LogP contribution in [0.5, 0.6) is 5.88 Å². The van der Waals surface area contributed by atoms with Crippen molar-refractivity contribution in [2.24, 2.45) is 0 Å². The van der Waals surface area contributed by atoms with Gasteiger partial charge in [0.15, 0.2) is 6.61 Å². The SMILES string of the molecule is CCC(=O)Cc1cc(C(=O)NCc2cnc(OCC(F)F)c(Cl)c2)cc(C)n1. The van der Waals surface area contributed by atoms with Crippen LogP contribution in [0.15, 0.2) is 24.4 Å². The molecule has 0 saturated carbocycles. The molecule has 0 radical (unpaired) electrons. The van der Waals surface area contributed by atoms with E-state index in [1.54, 1.807) is 26.0 Å². The van der Waals surface area contributed by atoms with Gasteiger partial charge < -0.3 is 10.1 Å². The van der Waals surface area contributed by atoms with Crippen LogP contribution in [-0.2, 0) is 17.8 Å². The summed E-state index contributed by atoms with van der Waals surface area (Å²) in [7, 11) is 0. The first kappa shape index (κ1) is 21.7. The number of aryl methyl sites for hydroxylation is 1. The van der Waals surface area contributed by atoms with Crippen LogP contribution >= 0.6 is 11.6 Å². The van der Waals surface area contributed by atoms with Crippen LogP contribution in [-0.4, -0.2) is 34.7 Å². The number of amides is 1. The predicted octanol–water partition coefficient (Wildman–Crippen LogP) is 3.53. The molecule has 0 saturated heterocycles. The van der Waals surface area contributed by atoms with Gasteiger partial charge in [0.05, 0.1) is 0 Å². The van der Waals surface area contributed by atoms with E-state index in [0.29, 0.717) is 28.9 Å². The maximum atomic E-state index is 12.4. The molecule has 0 unspecified atom stereocenters. The second-order valence-electron chi connectivity index (χ2n) is 6.07. The Morgan fingerprint density at radius 3 is 2.68 bits per heavy atom. The first-order chi connectivity index (χ1) is 13.3. The lowest BCUT2D eigenvalue weighted by atomic mass is 10.1. The zero-order valence-electron chi connectivity index (χ0n) is 15.5. The number of Topliss-reactive ketones (excluding diaryl/α,β-unsaturated/α-hetero) is 1. The van der Waals surface area contributed by atoms with Gasteiger partial charge in [-0.15, -0.1) is 0 Å². The number of aromatic nitrogens is 2. The van der Waals surface area contributed by atoms with Crippen LogP contribution in [0.3, 0.4) is 0 Å². The van der Waals surface area contributed by atoms with Crippen molar-refractivity contribution in [2.45, 2.75) is 39.7 Å². The monoisotopic (exact) mass is 411 g/mol. The van der Waals surface area contributed by atoms with Crippen LogP contribution in [0, 0.1) is 6.92 Å². The molecule has 0 atom stereocenters. The summed E-state index contributed by atoms with van der Waals surface area (Å²) in [6.45, 7) is 2.85. The Morgan fingerprint density at radius 1 is 1.29 bits per heavy atom. The van der Waals surface area contributed by atoms with Crippen LogP contribution in [0.2, 0.25) is 5.02 Å². The number of nitrogens with zero attached hydrogens (tertiary/aromatic N) is 2. The van der Waals surface area contributed by atoms with E-state index in [-0.39, 0.29) is 35.6 Å². The third-order valence-electron chi connectivity index (χ3n) is 3.70. The second kappa shape index (κ2) is 10.1. The smallest absolute Gasteiger partial charge is 0.272 e. The van der Waals surface area contributed by atoms with E-state index in [1.807, 2.05) is 0 Å². The molecule has 28 heavy (non-hydrogen) atoms. The van der Waals surface area contributed by atoms with Gasteiger partial charge in [-0.2, -0.15) is 0 Å². The summed E-state index contributed by atoms with van der Waals surface area (Å²) < 4.78 is 29.2. The van der Waals surface area contributed by atoms with Gasteiger partial charge in [-0.1, -0.05) is 18.5 Å². The predicted molar refractivity (Wildman–Crippen MR) is 99.9 cm³/mol. The summed E-state index contributed by atoms with van der Waals surface area (Å²) in [5, 5.41) is 2.80. The largest absolute Gasteiger partial charge is 0.471 e. The average Bonchev–Trinajstić information content (AvgIpc) is 2.64. The summed E-state index contributed by atoms with van der Waals surface area (Å²) in [6.07, 6.45) is -0.658. The summed E-state index contributed by atoms with van der Waals surface area (Å²) in [4.78, 5) is 32.2. The molecule has 0 fully saturated rings. The number of rotatable bonds is 9. The molecule has 9 heteroatoms. The fourth-order valence-electron chi connectivity index (χ4n) is 2.38. The van der Waals surface area contributed by atoms with E-state index >= 15 is 0 Å². The number of carbonyl (C=O) groups is 2. The fourth-order valence-corrected chi connectivity index (χ4v) is 2.62. The van der Waals surface area contributed by atoms with Crippen LogP contribution in [0.1, 0.15) is 40.7 Å². The van der Waals surface area contributed by atoms with Crippen molar-refractivity contribution in [3.05, 3.63) is 51.9 Å². The van der Waals surface area contributed by atoms with Crippen molar-refractivity contribution in [3.63, 3.8) is 0 Å². The molecular formula is C19H20ClF2N3O3. The minimum absolute atomic E-state index is 0.0410. The van der Waals surface area contributed by atoms with Gasteiger partial charge in [0.1, 0.15) is 10.8 Å². The van der Waals surface area contributed by atoms with Crippen molar-refractivity contribution in [1.29, 1.82) is 0 Å². The molecule has 150 valence electrons. The molecule has 6 nitrogen and oxygen atoms in total. The Kier molecular flexibility index (Phi) is 7.80. The Hall–Kier alpha value is -2.61. The lowest BCUT2D eigenvalue weighted by molar-refractivity contribution is -0.118. The quantitative estimate of drug-likeness (QED) is 0.682. The van der Waals surface area contributed by atoms with Crippen molar-refractivity contribution in [1.82, 2.24) is 15.3 Å². The molecule has 0 spiro atoms. The highest BCUT2D eigenvalue weighted by Gasteiger charge is 2.12. The van der Waals surface area contributed by atoms with Crippen LogP contribution < -0.4 is 10.1 Å². The minimum Gasteiger partial charge on any atom is -0.471 e. The van der Waals surface area contributed by atoms with Gasteiger partial charge in [-0.3, -0.25) is 14.6 Å². The lowest BCUT2D eigenvalue weighted by Crippen LogP contribution is -2.23. The van der Waals surface area contributed by atoms with E-state index in [4.69, 9.17) is 16.3 Å². The normalized spacial score (nSPS) is 10.8. The number of ketones is 1. The van der Waals surface area contributed by atoms with Crippen molar-refractivity contribution in [2.75, 3.05) is 6.61 Å². The first-order valence-corrected chi connectivity index (χ1v) is 8.99. The highest BCUT2D eigenvalue weighted by Crippen LogP contribution is 2.22. The number of ether oxygens (including phenoxy) is 1. The van der Waals surface area contributed by atoms with Crippen LogP contribution in [0.25, 0.3) is 0 Å². The van der Waals surface area contributed by atoms with E-state index in [1.165, 1.54) is 12.3 Å². The molecule has 2 heterocycles. The first-order valence-electron chi connectivity index (χ1n) is 8.61. The highest BCUT2D eigenvalue weighted by atomic mass is 35.5. The summed E-state index contributed by atoms with van der Waals surface area (Å²) in [6, 6.07) is 4.70. The topological polar surface area (TPSA) is 81.2 Å². The third kappa shape index (κ3) is 6.53. The van der Waals surface area contributed by atoms with E-state index in [0.717, 1.165) is 0 Å². The zero-order chi connectivity index (χ0) is 20.7. The van der Waals surface area contributed by atoms with Gasteiger partial charge in [-0.25, -0.2) is 13.8 Å². The summed E-state index contributed by atoms with van der Waals surface area (Å²) in [5.74, 6) is -0.392. The van der Waals surface area contributed by atoms with E-state index in [9.17, 15) is 18.4 Å². The number of carbonyl (C=O) groups excluding carboxylic acids is 2. The third-order valence-corrected chi connectivity index (χ3v) is 3.98. The number of hydrogen-bond acceptors (Lipinski definition) is 5. The van der Waals surface area contributed by atoms with Gasteiger partial charge in [0.25, 0.3) is 12.3 Å². The Bertz CT molecular complexity index is 862. The fraction of sp³-hybridized carbons (Fsp3) is 0.368. The molecule has 0 aliphatic heterocycles. The van der Waals surface area contributed by atoms with Gasteiger partial charge in [0, 0.05) is 42.5 Å². The molecule has 2 rings (SSSR count). The minimum atomic E-state index is -2.63. The number of pyridine rings is 2. The lowest BCUT2D eigenvalue weighted by Gasteiger charge is -2.10. The number of hydrogen-bond donors (Lipinski definition) is 1. The number of alkyl halides is 2. The molecule has 0 aromatic carbocycles. The molecule has 1 N–H and O–H groups in total. The van der Waals surface area contributed by atoms with E-state index in [2.05, 4.69) is 15.3 Å². The standard InChI is InChI=1S/C19H20ClF2N3O3/c1-3-15(26)7-14-6-13(4-11(2)25-14)18(27)23-8-12-5-16(20)19(24-9-12)28-10-17(21)22/h4-6,9,17H,3,7-8,10H2,1-2H3,(H,23,27). The second-order valence-corrected chi connectivity index (χ2v) is 6.48. The van der Waals surface area contributed by atoms with Crippen molar-refractivity contribution in [3.8, 4) is 5.88 Å². The maximum absolute atomic E-state index is 12.4.